The molecule has 3 aromatic rings. The maximum Gasteiger partial charge on any atom is 0.270 e. The molecule has 2 aromatic heterocycles. The van der Waals surface area contributed by atoms with Gasteiger partial charge in [-0.15, -0.1) is 0 Å². The van der Waals surface area contributed by atoms with E-state index in [2.05, 4.69) is 27.4 Å². The number of hydrogen-bond acceptors (Lipinski definition) is 6. The van der Waals surface area contributed by atoms with Gasteiger partial charge in [-0.1, -0.05) is 60.3 Å². The van der Waals surface area contributed by atoms with Gasteiger partial charge in [0.2, 0.25) is 5.91 Å². The number of nitrogens with zero attached hydrogens (tertiary/aromatic N) is 2. The predicted octanol–water partition coefficient (Wildman–Crippen LogP) is 2.79. The highest BCUT2D eigenvalue weighted by atomic mass is 16.5. The molecule has 170 valence electrons. The largest absolute Gasteiger partial charge is 0.385 e. The van der Waals surface area contributed by atoms with Crippen molar-refractivity contribution in [2.45, 2.75) is 19.4 Å². The molecule has 8 heteroatoms. The third-order valence-corrected chi connectivity index (χ3v) is 6.24. The fraction of sp³-hybridized carbons (Fsp3) is 0.154. The molecular weight excluding hydrogens is 430 g/mol. The van der Waals surface area contributed by atoms with Crippen molar-refractivity contribution in [3.63, 3.8) is 0 Å². The summed E-state index contributed by atoms with van der Waals surface area (Å²) in [5.74, 6) is 0.410. The van der Waals surface area contributed by atoms with E-state index in [1.165, 1.54) is 0 Å². The molecule has 4 N–H and O–H groups in total. The Kier molecular flexibility index (Phi) is 5.33. The fourth-order valence-electron chi connectivity index (χ4n) is 4.54. The van der Waals surface area contributed by atoms with Gasteiger partial charge in [0.05, 0.1) is 12.0 Å². The Morgan fingerprint density at radius 3 is 2.82 bits per heavy atom. The van der Waals surface area contributed by atoms with Gasteiger partial charge in [0.1, 0.15) is 17.2 Å². The first-order chi connectivity index (χ1) is 16.5. The normalized spacial score (nSPS) is 19.0. The van der Waals surface area contributed by atoms with Gasteiger partial charge in [0, 0.05) is 23.4 Å². The maximum absolute atomic E-state index is 12.8. The first kappa shape index (κ1) is 21.4. The zero-order chi connectivity index (χ0) is 23.7. The number of benzene rings is 1. The summed E-state index contributed by atoms with van der Waals surface area (Å²) >= 11 is 0. The van der Waals surface area contributed by atoms with Crippen LogP contribution in [-0.4, -0.2) is 22.0 Å². The molecule has 34 heavy (non-hydrogen) atoms. The van der Waals surface area contributed by atoms with Crippen molar-refractivity contribution < 1.29 is 14.1 Å². The third kappa shape index (κ3) is 3.69. The van der Waals surface area contributed by atoms with Crippen molar-refractivity contribution in [1.29, 1.82) is 0 Å². The number of carbonyl (C=O) groups is 2. The minimum atomic E-state index is -0.795. The zero-order valence-electron chi connectivity index (χ0n) is 18.4. The molecule has 8 nitrogen and oxygen atoms in total. The molecule has 0 saturated carbocycles. The summed E-state index contributed by atoms with van der Waals surface area (Å²) in [4.78, 5) is 29.9. The van der Waals surface area contributed by atoms with Gasteiger partial charge in [-0.2, -0.15) is 0 Å². The Labute approximate surface area is 196 Å². The lowest BCUT2D eigenvalue weighted by Crippen LogP contribution is -2.35. The van der Waals surface area contributed by atoms with Crippen LogP contribution in [0.25, 0.3) is 11.3 Å². The minimum Gasteiger partial charge on any atom is -0.385 e. The van der Waals surface area contributed by atoms with E-state index < -0.39 is 5.41 Å². The molecule has 0 saturated heterocycles. The van der Waals surface area contributed by atoms with E-state index in [4.69, 9.17) is 10.3 Å². The lowest BCUT2D eigenvalue weighted by molar-refractivity contribution is -0.126. The standard InChI is InChI=1S/C26H23N5O3/c1-2-3-9-20-23(27)30-25(33)26(20)12-17-10-22(28-14-18(17)13-26)24(32)29-15-19-11-21(31-34-19)16-7-5-4-6-8-16/h2-11,14H,1,12-13,15,27H2,(H,29,32)(H,30,33)/b9-3-. The molecule has 1 aliphatic heterocycles. The number of aromatic nitrogens is 2. The van der Waals surface area contributed by atoms with Crippen molar-refractivity contribution >= 4 is 11.8 Å². The molecule has 0 fully saturated rings. The number of carbonyl (C=O) groups excluding carboxylic acids is 2. The molecule has 1 spiro atoms. The van der Waals surface area contributed by atoms with E-state index in [9.17, 15) is 9.59 Å². The maximum atomic E-state index is 12.8. The van der Waals surface area contributed by atoms with Gasteiger partial charge in [0.25, 0.3) is 5.91 Å². The third-order valence-electron chi connectivity index (χ3n) is 6.24. The van der Waals surface area contributed by atoms with Crippen molar-refractivity contribution in [2.24, 2.45) is 11.1 Å². The van der Waals surface area contributed by atoms with Gasteiger partial charge in [-0.3, -0.25) is 14.6 Å². The zero-order valence-corrected chi connectivity index (χ0v) is 18.4. The molecule has 0 radical (unpaired) electrons. The second kappa shape index (κ2) is 8.47. The second-order valence-corrected chi connectivity index (χ2v) is 8.38. The topological polar surface area (TPSA) is 123 Å². The molecule has 0 bridgehead atoms. The molecule has 5 rings (SSSR count). The van der Waals surface area contributed by atoms with Crippen LogP contribution < -0.4 is 16.4 Å². The second-order valence-electron chi connectivity index (χ2n) is 8.38. The molecule has 1 aliphatic carbocycles. The van der Waals surface area contributed by atoms with Crippen LogP contribution in [0.1, 0.15) is 27.4 Å². The number of pyridine rings is 1. The Hall–Kier alpha value is -4.46. The molecule has 1 atom stereocenters. The van der Waals surface area contributed by atoms with Crippen molar-refractivity contribution in [1.82, 2.24) is 20.8 Å². The van der Waals surface area contributed by atoms with Crippen molar-refractivity contribution in [3.8, 4) is 11.3 Å². The van der Waals surface area contributed by atoms with Gasteiger partial charge in [-0.05, 0) is 30.0 Å². The van der Waals surface area contributed by atoms with Crippen LogP contribution in [0.2, 0.25) is 0 Å². The molecular formula is C26H23N5O3. The van der Waals surface area contributed by atoms with Crippen LogP contribution >= 0.6 is 0 Å². The number of rotatable bonds is 6. The smallest absolute Gasteiger partial charge is 0.270 e. The lowest BCUT2D eigenvalue weighted by atomic mass is 9.78. The van der Waals surface area contributed by atoms with Crippen LogP contribution in [0.15, 0.2) is 89.4 Å². The number of nitrogens with two attached hydrogens (primary N) is 1. The first-order valence-electron chi connectivity index (χ1n) is 10.9. The highest BCUT2D eigenvalue weighted by molar-refractivity contribution is 5.95. The number of allylic oxidation sites excluding steroid dienone is 3. The highest BCUT2D eigenvalue weighted by Crippen LogP contribution is 2.46. The van der Waals surface area contributed by atoms with E-state index in [0.29, 0.717) is 30.1 Å². The Morgan fingerprint density at radius 1 is 1.24 bits per heavy atom. The average Bonchev–Trinajstić information content (AvgIpc) is 3.53. The summed E-state index contributed by atoms with van der Waals surface area (Å²) in [7, 11) is 0. The van der Waals surface area contributed by atoms with E-state index in [1.54, 1.807) is 30.5 Å². The monoisotopic (exact) mass is 453 g/mol. The van der Waals surface area contributed by atoms with Crippen molar-refractivity contribution in [3.05, 3.63) is 107 Å². The molecule has 1 unspecified atom stereocenters. The number of fused-ring (bicyclic) bond motifs is 1. The predicted molar refractivity (Wildman–Crippen MR) is 126 cm³/mol. The molecule has 3 heterocycles. The Morgan fingerprint density at radius 2 is 2.03 bits per heavy atom. The summed E-state index contributed by atoms with van der Waals surface area (Å²) in [5, 5.41) is 9.63. The van der Waals surface area contributed by atoms with Crippen LogP contribution in [0.4, 0.5) is 0 Å². The SMILES string of the molecule is C=C/C=C\C1=C(N)NC(=O)C12Cc1cnc(C(=O)NCc3cc(-c4ccccc4)no3)cc1C2. The lowest BCUT2D eigenvalue weighted by Gasteiger charge is -2.21. The average molecular weight is 454 g/mol. The summed E-state index contributed by atoms with van der Waals surface area (Å²) in [6, 6.07) is 13.2. The van der Waals surface area contributed by atoms with E-state index in [1.807, 2.05) is 36.4 Å². The number of hydrogen-bond donors (Lipinski definition) is 3. The van der Waals surface area contributed by atoms with Gasteiger partial charge in [0.15, 0.2) is 5.76 Å². The van der Waals surface area contributed by atoms with E-state index >= 15 is 0 Å². The molecule has 1 aromatic carbocycles. The quantitative estimate of drug-likeness (QED) is 0.493. The van der Waals surface area contributed by atoms with E-state index in [0.717, 1.165) is 22.3 Å². The summed E-state index contributed by atoms with van der Waals surface area (Å²) in [6.45, 7) is 3.87. The van der Waals surface area contributed by atoms with Crippen LogP contribution in [0, 0.1) is 5.41 Å². The summed E-state index contributed by atoms with van der Waals surface area (Å²) in [5.41, 5.74) is 9.76. The number of nitrogens with one attached hydrogen (secondary N) is 2. The minimum absolute atomic E-state index is 0.143. The Balaban J connectivity index is 1.30. The molecule has 2 aliphatic rings. The van der Waals surface area contributed by atoms with Gasteiger partial charge in [-0.25, -0.2) is 0 Å². The first-order valence-corrected chi connectivity index (χ1v) is 10.9. The van der Waals surface area contributed by atoms with Gasteiger partial charge < -0.3 is 20.9 Å². The van der Waals surface area contributed by atoms with Crippen molar-refractivity contribution in [2.75, 3.05) is 0 Å². The fourth-order valence-corrected chi connectivity index (χ4v) is 4.54. The van der Waals surface area contributed by atoms with Crippen LogP contribution in [0.5, 0.6) is 0 Å². The van der Waals surface area contributed by atoms with Crippen LogP contribution in [-0.2, 0) is 24.2 Å². The Bertz CT molecular complexity index is 1360. The highest BCUT2D eigenvalue weighted by Gasteiger charge is 2.51. The van der Waals surface area contributed by atoms with E-state index in [-0.39, 0.29) is 24.1 Å². The van der Waals surface area contributed by atoms with Gasteiger partial charge >= 0.3 is 0 Å². The summed E-state index contributed by atoms with van der Waals surface area (Å²) < 4.78 is 5.35. The number of amides is 2. The molecule has 2 amide bonds. The summed E-state index contributed by atoms with van der Waals surface area (Å²) in [6.07, 6.45) is 7.79. The van der Waals surface area contributed by atoms with Crippen LogP contribution in [0.3, 0.4) is 0 Å².